The third-order valence-electron chi connectivity index (χ3n) is 10.8. The molecule has 0 radical (unpaired) electrons. The van der Waals surface area contributed by atoms with Gasteiger partial charge in [0.05, 0.1) is 20.1 Å². The highest BCUT2D eigenvalue weighted by Crippen LogP contribution is 2.19. The number of likely N-dealkylation sites (tertiary alicyclic amines) is 1. The summed E-state index contributed by atoms with van der Waals surface area (Å²) in [5, 5.41) is 0. The van der Waals surface area contributed by atoms with Crippen molar-refractivity contribution in [2.75, 3.05) is 33.4 Å². The minimum absolute atomic E-state index is 0.401. The van der Waals surface area contributed by atoms with Crippen molar-refractivity contribution >= 4 is 5.91 Å². The summed E-state index contributed by atoms with van der Waals surface area (Å²) >= 11 is 0. The van der Waals surface area contributed by atoms with E-state index in [0.29, 0.717) is 5.91 Å². The van der Waals surface area contributed by atoms with E-state index in [2.05, 4.69) is 25.8 Å². The number of hydrogen-bond donors (Lipinski definition) is 0. The topological polar surface area (TPSA) is 20.3 Å². The molecule has 0 aromatic carbocycles. The van der Waals surface area contributed by atoms with Crippen LogP contribution in [0, 0.1) is 0 Å². The maximum Gasteiger partial charge on any atom is 0.226 e. The van der Waals surface area contributed by atoms with Crippen LogP contribution in [0.1, 0.15) is 232 Å². The molecule has 3 nitrogen and oxygen atoms in total. The zero-order chi connectivity index (χ0) is 32.5. The van der Waals surface area contributed by atoms with Gasteiger partial charge in [-0.1, -0.05) is 194 Å². The molecule has 268 valence electrons. The first-order valence-corrected chi connectivity index (χ1v) is 21.2. The van der Waals surface area contributed by atoms with E-state index in [1.54, 1.807) is 0 Å². The van der Waals surface area contributed by atoms with Gasteiger partial charge in [0.2, 0.25) is 5.91 Å². The fourth-order valence-electron chi connectivity index (χ4n) is 7.60. The van der Waals surface area contributed by atoms with Crippen molar-refractivity contribution in [2.45, 2.75) is 232 Å². The fourth-order valence-corrected chi connectivity index (χ4v) is 7.60. The van der Waals surface area contributed by atoms with Crippen LogP contribution < -0.4 is 0 Å². The Morgan fingerprint density at radius 2 is 0.711 bits per heavy atom. The number of carbonyl (C=O) groups excluding carboxylic acids is 1. The summed E-state index contributed by atoms with van der Waals surface area (Å²) in [6, 6.07) is 0. The van der Waals surface area contributed by atoms with Gasteiger partial charge < -0.3 is 4.48 Å². The molecule has 1 aliphatic rings. The van der Waals surface area contributed by atoms with Crippen molar-refractivity contribution in [3.63, 3.8) is 0 Å². The molecule has 0 unspecified atom stereocenters. The zero-order valence-electron chi connectivity index (χ0n) is 31.7. The number of amides is 1. The minimum atomic E-state index is 0.401. The summed E-state index contributed by atoms with van der Waals surface area (Å²) in [6.07, 6.45) is 47.6. The molecular weight excluding hydrogens is 548 g/mol. The van der Waals surface area contributed by atoms with Crippen LogP contribution in [-0.2, 0) is 4.79 Å². The number of quaternary nitrogens is 1. The van der Waals surface area contributed by atoms with Crippen LogP contribution in [0.15, 0.2) is 0 Å². The summed E-state index contributed by atoms with van der Waals surface area (Å²) in [5.74, 6) is 0.401. The van der Waals surface area contributed by atoms with Crippen LogP contribution in [0.3, 0.4) is 0 Å². The van der Waals surface area contributed by atoms with Gasteiger partial charge in [-0.2, -0.15) is 0 Å². The van der Waals surface area contributed by atoms with Gasteiger partial charge in [-0.15, -0.1) is 0 Å². The molecule has 1 aliphatic heterocycles. The van der Waals surface area contributed by atoms with Gasteiger partial charge in [0.1, 0.15) is 0 Å². The van der Waals surface area contributed by atoms with E-state index in [4.69, 9.17) is 0 Å². The first-order chi connectivity index (χ1) is 22.1. The summed E-state index contributed by atoms with van der Waals surface area (Å²) in [6.45, 7) is 9.06. The van der Waals surface area contributed by atoms with Gasteiger partial charge in [-0.25, -0.2) is 0 Å². The van der Waals surface area contributed by atoms with E-state index in [0.717, 1.165) is 30.5 Å². The number of hydrogen-bond acceptors (Lipinski definition) is 1. The molecule has 1 rings (SSSR count). The van der Waals surface area contributed by atoms with E-state index in [1.807, 2.05) is 0 Å². The maximum absolute atomic E-state index is 12.4. The number of carbonyl (C=O) groups is 1. The summed E-state index contributed by atoms with van der Waals surface area (Å²) in [5.41, 5.74) is 0. The largest absolute Gasteiger partial charge is 0.309 e. The normalized spacial score (nSPS) is 13.8. The van der Waals surface area contributed by atoms with E-state index in [-0.39, 0.29) is 0 Å². The molecular formula is C42H85N2O+. The Morgan fingerprint density at radius 1 is 0.444 bits per heavy atom. The van der Waals surface area contributed by atoms with Crippen LogP contribution in [0.4, 0.5) is 0 Å². The molecule has 1 saturated heterocycles. The second-order valence-electron chi connectivity index (χ2n) is 15.6. The monoisotopic (exact) mass is 634 g/mol. The van der Waals surface area contributed by atoms with Crippen LogP contribution in [0.2, 0.25) is 0 Å². The third kappa shape index (κ3) is 27.1. The quantitative estimate of drug-likeness (QED) is 0.0496. The number of nitrogens with zero attached hydrogens (tertiary/aromatic N) is 2. The minimum Gasteiger partial charge on any atom is -0.309 e. The SMILES string of the molecule is CCCCCCCCCCCCCCCCCC[N+](C)(CCCCCCCCCCCCCCCCCC)CN1CCCC1=O. The van der Waals surface area contributed by atoms with Gasteiger partial charge in [-0.05, 0) is 32.1 Å². The van der Waals surface area contributed by atoms with Gasteiger partial charge in [0.25, 0.3) is 0 Å². The van der Waals surface area contributed by atoms with Crippen molar-refractivity contribution in [1.82, 2.24) is 4.90 Å². The highest BCUT2D eigenvalue weighted by atomic mass is 16.2. The number of unbranched alkanes of at least 4 members (excludes halogenated alkanes) is 30. The second-order valence-corrected chi connectivity index (χ2v) is 15.6. The highest BCUT2D eigenvalue weighted by Gasteiger charge is 2.29. The Hall–Kier alpha value is -0.570. The molecule has 0 N–H and O–H groups in total. The van der Waals surface area contributed by atoms with E-state index < -0.39 is 0 Å². The Kier molecular flexibility index (Phi) is 30.2. The lowest BCUT2D eigenvalue weighted by Gasteiger charge is -2.38. The summed E-state index contributed by atoms with van der Waals surface area (Å²) in [4.78, 5) is 14.6. The van der Waals surface area contributed by atoms with Gasteiger partial charge in [0.15, 0.2) is 6.67 Å². The molecule has 0 atom stereocenters. The van der Waals surface area contributed by atoms with Crippen LogP contribution in [0.5, 0.6) is 0 Å². The summed E-state index contributed by atoms with van der Waals surface area (Å²) < 4.78 is 1.09. The van der Waals surface area contributed by atoms with E-state index in [9.17, 15) is 4.79 Å². The fraction of sp³-hybridized carbons (Fsp3) is 0.976. The Balaban J connectivity index is 2.04. The molecule has 0 aromatic heterocycles. The lowest BCUT2D eigenvalue weighted by molar-refractivity contribution is -0.918. The molecule has 0 aromatic rings. The first-order valence-electron chi connectivity index (χ1n) is 21.2. The molecule has 3 heteroatoms. The Labute approximate surface area is 285 Å². The van der Waals surface area contributed by atoms with E-state index >= 15 is 0 Å². The second kappa shape index (κ2) is 32.0. The smallest absolute Gasteiger partial charge is 0.226 e. The molecule has 0 aliphatic carbocycles. The van der Waals surface area contributed by atoms with Crippen molar-refractivity contribution in [3.05, 3.63) is 0 Å². The predicted molar refractivity (Wildman–Crippen MR) is 201 cm³/mol. The van der Waals surface area contributed by atoms with Crippen LogP contribution in [-0.4, -0.2) is 48.6 Å². The number of rotatable bonds is 36. The Bertz CT molecular complexity index is 584. The van der Waals surface area contributed by atoms with Crippen LogP contribution in [0.25, 0.3) is 0 Å². The van der Waals surface area contributed by atoms with Gasteiger partial charge >= 0.3 is 0 Å². The third-order valence-corrected chi connectivity index (χ3v) is 10.8. The molecule has 45 heavy (non-hydrogen) atoms. The molecule has 1 amide bonds. The average molecular weight is 634 g/mol. The lowest BCUT2D eigenvalue weighted by Crippen LogP contribution is -2.52. The predicted octanol–water partition coefficient (Wildman–Crippen LogP) is 13.5. The average Bonchev–Trinajstić information content (AvgIpc) is 3.43. The van der Waals surface area contributed by atoms with Crippen LogP contribution >= 0.6 is 0 Å². The molecule has 1 heterocycles. The lowest BCUT2D eigenvalue weighted by atomic mass is 10.0. The standard InChI is InChI=1S/C42H85N2O/c1-4-6-8-10-12-14-16-18-20-22-24-26-28-30-32-34-39-44(3,41-43-38-36-37-42(43)45)40-35-33-31-29-27-25-23-21-19-17-15-13-11-9-7-5-2/h4-41H2,1-3H3/q+1. The highest BCUT2D eigenvalue weighted by molar-refractivity contribution is 5.77. The van der Waals surface area contributed by atoms with E-state index in [1.165, 1.54) is 219 Å². The van der Waals surface area contributed by atoms with Crippen molar-refractivity contribution in [2.24, 2.45) is 0 Å². The maximum atomic E-state index is 12.4. The zero-order valence-corrected chi connectivity index (χ0v) is 31.7. The molecule has 0 bridgehead atoms. The van der Waals surface area contributed by atoms with Gasteiger partial charge in [0, 0.05) is 13.0 Å². The Morgan fingerprint density at radius 3 is 0.956 bits per heavy atom. The molecule has 1 fully saturated rings. The molecule has 0 spiro atoms. The van der Waals surface area contributed by atoms with Gasteiger partial charge in [-0.3, -0.25) is 9.69 Å². The summed E-state index contributed by atoms with van der Waals surface area (Å²) in [7, 11) is 2.45. The first kappa shape index (κ1) is 42.5. The van der Waals surface area contributed by atoms with Crippen molar-refractivity contribution in [3.8, 4) is 0 Å². The van der Waals surface area contributed by atoms with Crippen molar-refractivity contribution in [1.29, 1.82) is 0 Å². The molecule has 0 saturated carbocycles. The van der Waals surface area contributed by atoms with Crippen molar-refractivity contribution < 1.29 is 9.28 Å².